The lowest BCUT2D eigenvalue weighted by Crippen LogP contribution is -2.43. The number of nitrogens with zero attached hydrogens (tertiary/aromatic N) is 4. The summed E-state index contributed by atoms with van der Waals surface area (Å²) in [5.74, 6) is 2.18. The number of methoxy groups -OCH3 is 1. The molecule has 10 nitrogen and oxygen atoms in total. The van der Waals surface area contributed by atoms with Crippen LogP contribution >= 0.6 is 0 Å². The normalized spacial score (nSPS) is 11.4. The maximum Gasteiger partial charge on any atom is 0.258 e. The predicted octanol–water partition coefficient (Wildman–Crippen LogP) is 4.09. The van der Waals surface area contributed by atoms with Crippen LogP contribution in [0.15, 0.2) is 54.9 Å². The maximum atomic E-state index is 12.2. The molecule has 2 heterocycles. The van der Waals surface area contributed by atoms with Gasteiger partial charge in [-0.2, -0.15) is 5.10 Å². The minimum absolute atomic E-state index is 0.0844. The fourth-order valence-corrected chi connectivity index (χ4v) is 3.62. The van der Waals surface area contributed by atoms with Crippen molar-refractivity contribution in [2.45, 2.75) is 26.3 Å². The zero-order chi connectivity index (χ0) is 26.4. The number of carbonyl (C=O) groups excluding carboxylic acids is 1. The molecule has 0 aliphatic carbocycles. The molecule has 0 fully saturated rings. The number of benzene rings is 2. The summed E-state index contributed by atoms with van der Waals surface area (Å²) in [5.41, 5.74) is 1.96. The molecule has 2 N–H and O–H groups in total. The molecule has 0 bridgehead atoms. The second-order valence-corrected chi connectivity index (χ2v) is 9.56. The standard InChI is InChI=1S/C27H32N6O4/c1-27(2,3)32-24(34)17-37-20-8-6-7-18(13-20)25-30-23-10-9-21(36-12-11-35-5)14-22(23)26(31-25)29-19-15-28-33(4)16-19/h6-10,13-16H,11-12,17H2,1-5H3,(H,32,34)(H,29,30,31). The van der Waals surface area contributed by atoms with E-state index in [9.17, 15) is 4.79 Å². The highest BCUT2D eigenvalue weighted by Gasteiger charge is 2.15. The van der Waals surface area contributed by atoms with E-state index in [0.29, 0.717) is 36.4 Å². The molecule has 194 valence electrons. The van der Waals surface area contributed by atoms with Crippen molar-refractivity contribution in [1.82, 2.24) is 25.1 Å². The molecule has 0 atom stereocenters. The van der Waals surface area contributed by atoms with Crippen molar-refractivity contribution in [2.75, 3.05) is 32.2 Å². The number of fused-ring (bicyclic) bond motifs is 1. The molecule has 37 heavy (non-hydrogen) atoms. The smallest absolute Gasteiger partial charge is 0.258 e. The van der Waals surface area contributed by atoms with Crippen LogP contribution in [0.4, 0.5) is 11.5 Å². The summed E-state index contributed by atoms with van der Waals surface area (Å²) in [6.07, 6.45) is 3.59. The van der Waals surface area contributed by atoms with E-state index in [-0.39, 0.29) is 18.1 Å². The summed E-state index contributed by atoms with van der Waals surface area (Å²) < 4.78 is 18.3. The van der Waals surface area contributed by atoms with Gasteiger partial charge in [0.2, 0.25) is 0 Å². The highest BCUT2D eigenvalue weighted by atomic mass is 16.5. The number of hydrogen-bond donors (Lipinski definition) is 2. The molecule has 0 saturated carbocycles. The van der Waals surface area contributed by atoms with E-state index in [0.717, 1.165) is 22.2 Å². The first-order valence-electron chi connectivity index (χ1n) is 11.9. The Kier molecular flexibility index (Phi) is 7.88. The van der Waals surface area contributed by atoms with Gasteiger partial charge >= 0.3 is 0 Å². The molecule has 0 spiro atoms. The highest BCUT2D eigenvalue weighted by molar-refractivity contribution is 5.93. The topological polar surface area (TPSA) is 112 Å². The van der Waals surface area contributed by atoms with Gasteiger partial charge in [0.25, 0.3) is 5.91 Å². The maximum absolute atomic E-state index is 12.2. The van der Waals surface area contributed by atoms with Gasteiger partial charge in [-0.3, -0.25) is 9.48 Å². The van der Waals surface area contributed by atoms with E-state index < -0.39 is 0 Å². The second kappa shape index (κ2) is 11.3. The van der Waals surface area contributed by atoms with E-state index in [2.05, 4.69) is 15.7 Å². The first-order chi connectivity index (χ1) is 17.7. The van der Waals surface area contributed by atoms with Crippen molar-refractivity contribution < 1.29 is 19.0 Å². The average Bonchev–Trinajstić information content (AvgIpc) is 3.26. The van der Waals surface area contributed by atoms with E-state index >= 15 is 0 Å². The number of ether oxygens (including phenoxy) is 3. The summed E-state index contributed by atoms with van der Waals surface area (Å²) >= 11 is 0. The van der Waals surface area contributed by atoms with Gasteiger partial charge in [-0.05, 0) is 51.1 Å². The largest absolute Gasteiger partial charge is 0.491 e. The highest BCUT2D eigenvalue weighted by Crippen LogP contribution is 2.31. The molecular weight excluding hydrogens is 472 g/mol. The van der Waals surface area contributed by atoms with Crippen LogP contribution in [0, 0.1) is 0 Å². The molecule has 0 radical (unpaired) electrons. The molecule has 0 unspecified atom stereocenters. The molecule has 10 heteroatoms. The summed E-state index contributed by atoms with van der Waals surface area (Å²) in [5, 5.41) is 11.3. The molecular formula is C27H32N6O4. The van der Waals surface area contributed by atoms with E-state index in [1.54, 1.807) is 24.1 Å². The molecule has 4 rings (SSSR count). The van der Waals surface area contributed by atoms with Gasteiger partial charge in [0, 0.05) is 36.8 Å². The van der Waals surface area contributed by atoms with E-state index in [4.69, 9.17) is 24.2 Å². The Morgan fingerprint density at radius 2 is 1.84 bits per heavy atom. The third-order valence-electron chi connectivity index (χ3n) is 5.17. The Balaban J connectivity index is 1.64. The third-order valence-corrected chi connectivity index (χ3v) is 5.17. The van der Waals surface area contributed by atoms with Crippen molar-refractivity contribution in [3.63, 3.8) is 0 Å². The minimum Gasteiger partial charge on any atom is -0.491 e. The number of rotatable bonds is 10. The van der Waals surface area contributed by atoms with Crippen LogP contribution in [0.2, 0.25) is 0 Å². The fourth-order valence-electron chi connectivity index (χ4n) is 3.62. The van der Waals surface area contributed by atoms with Crippen LogP contribution in [-0.4, -0.2) is 58.1 Å². The van der Waals surface area contributed by atoms with Gasteiger partial charge in [-0.15, -0.1) is 0 Å². The minimum atomic E-state index is -0.326. The molecule has 4 aromatic rings. The van der Waals surface area contributed by atoms with Crippen LogP contribution in [0.25, 0.3) is 22.3 Å². The Morgan fingerprint density at radius 3 is 2.57 bits per heavy atom. The Morgan fingerprint density at radius 1 is 1.03 bits per heavy atom. The van der Waals surface area contributed by atoms with Crippen molar-refractivity contribution in [1.29, 1.82) is 0 Å². The van der Waals surface area contributed by atoms with Crippen LogP contribution in [0.5, 0.6) is 11.5 Å². The fraction of sp³-hybridized carbons (Fsp3) is 0.333. The lowest BCUT2D eigenvalue weighted by Gasteiger charge is -2.20. The van der Waals surface area contributed by atoms with Gasteiger partial charge in [-0.1, -0.05) is 12.1 Å². The number of hydrogen-bond acceptors (Lipinski definition) is 8. The molecule has 0 aliphatic heterocycles. The molecule has 0 aliphatic rings. The van der Waals surface area contributed by atoms with E-state index in [1.165, 1.54) is 0 Å². The number of carbonyl (C=O) groups is 1. The van der Waals surface area contributed by atoms with Gasteiger partial charge in [0.15, 0.2) is 12.4 Å². The zero-order valence-electron chi connectivity index (χ0n) is 21.7. The summed E-state index contributed by atoms with van der Waals surface area (Å²) in [6.45, 7) is 6.62. The van der Waals surface area contributed by atoms with Crippen LogP contribution in [-0.2, 0) is 16.6 Å². The van der Waals surface area contributed by atoms with Crippen LogP contribution in [0.1, 0.15) is 20.8 Å². The summed E-state index contributed by atoms with van der Waals surface area (Å²) in [6, 6.07) is 13.0. The van der Waals surface area contributed by atoms with Crippen LogP contribution in [0.3, 0.4) is 0 Å². The monoisotopic (exact) mass is 504 g/mol. The number of aryl methyl sites for hydroxylation is 1. The first kappa shape index (κ1) is 25.9. The van der Waals surface area contributed by atoms with Crippen molar-refractivity contribution in [2.24, 2.45) is 7.05 Å². The SMILES string of the molecule is COCCOc1ccc2nc(-c3cccc(OCC(=O)NC(C)(C)C)c3)nc(Nc3cnn(C)c3)c2c1. The Hall–Kier alpha value is -4.18. The van der Waals surface area contributed by atoms with Crippen molar-refractivity contribution in [3.05, 3.63) is 54.9 Å². The first-order valence-corrected chi connectivity index (χ1v) is 11.9. The van der Waals surface area contributed by atoms with E-state index in [1.807, 2.05) is 70.4 Å². The average molecular weight is 505 g/mol. The third kappa shape index (κ3) is 7.17. The molecule has 1 amide bonds. The van der Waals surface area contributed by atoms with Crippen LogP contribution < -0.4 is 20.1 Å². The van der Waals surface area contributed by atoms with Gasteiger partial charge in [-0.25, -0.2) is 9.97 Å². The number of aromatic nitrogens is 4. The molecule has 2 aromatic carbocycles. The lowest BCUT2D eigenvalue weighted by molar-refractivity contribution is -0.124. The van der Waals surface area contributed by atoms with Gasteiger partial charge in [0.1, 0.15) is 23.9 Å². The van der Waals surface area contributed by atoms with Gasteiger partial charge in [0.05, 0.1) is 24.0 Å². The Labute approximate surface area is 216 Å². The van der Waals surface area contributed by atoms with Crippen molar-refractivity contribution in [3.8, 4) is 22.9 Å². The predicted molar refractivity (Wildman–Crippen MR) is 142 cm³/mol. The Bertz CT molecular complexity index is 1380. The quantitative estimate of drug-likeness (QED) is 0.311. The zero-order valence-corrected chi connectivity index (χ0v) is 21.7. The van der Waals surface area contributed by atoms with Crippen molar-refractivity contribution >= 4 is 28.3 Å². The number of nitrogens with one attached hydrogen (secondary N) is 2. The number of anilines is 2. The lowest BCUT2D eigenvalue weighted by atomic mass is 10.1. The van der Waals surface area contributed by atoms with Gasteiger partial charge < -0.3 is 24.8 Å². The molecule has 2 aromatic heterocycles. The molecule has 0 saturated heterocycles. The summed E-state index contributed by atoms with van der Waals surface area (Å²) in [4.78, 5) is 21.8. The summed E-state index contributed by atoms with van der Waals surface area (Å²) in [7, 11) is 3.49. The second-order valence-electron chi connectivity index (χ2n) is 9.56. The number of amides is 1.